The molecule has 4 heteroatoms. The third-order valence-electron chi connectivity index (χ3n) is 3.58. The molecule has 1 aromatic rings. The minimum absolute atomic E-state index is 0.0687. The van der Waals surface area contributed by atoms with Crippen LogP contribution in [-0.2, 0) is 4.79 Å². The lowest BCUT2D eigenvalue weighted by Gasteiger charge is -2.13. The molecule has 0 saturated heterocycles. The zero-order valence-corrected chi connectivity index (χ0v) is 12.4. The monoisotopic (exact) mass is 286 g/mol. The first-order valence-electron chi connectivity index (χ1n) is 7.49. The van der Waals surface area contributed by atoms with Crippen LogP contribution in [0.2, 0.25) is 0 Å². The van der Waals surface area contributed by atoms with E-state index in [-0.39, 0.29) is 11.8 Å². The summed E-state index contributed by atoms with van der Waals surface area (Å²) < 4.78 is 0. The first kappa shape index (κ1) is 15.3. The van der Waals surface area contributed by atoms with E-state index in [9.17, 15) is 9.59 Å². The Balaban J connectivity index is 1.80. The first-order chi connectivity index (χ1) is 10.1. The predicted octanol–water partition coefficient (Wildman–Crippen LogP) is 3.27. The van der Waals surface area contributed by atoms with Gasteiger partial charge in [0.05, 0.1) is 0 Å². The first-order valence-corrected chi connectivity index (χ1v) is 7.49. The fourth-order valence-electron chi connectivity index (χ4n) is 2.48. The summed E-state index contributed by atoms with van der Waals surface area (Å²) in [4.78, 5) is 22.9. The van der Waals surface area contributed by atoms with Gasteiger partial charge in [-0.3, -0.25) is 9.59 Å². The highest BCUT2D eigenvalue weighted by Crippen LogP contribution is 2.19. The van der Waals surface area contributed by atoms with E-state index in [0.29, 0.717) is 17.8 Å². The van der Waals surface area contributed by atoms with Crippen LogP contribution in [0.5, 0.6) is 0 Å². The summed E-state index contributed by atoms with van der Waals surface area (Å²) in [6.45, 7) is 2.14. The zero-order chi connectivity index (χ0) is 15.1. The van der Waals surface area contributed by atoms with Gasteiger partial charge in [-0.2, -0.15) is 0 Å². The molecule has 1 aliphatic rings. The summed E-state index contributed by atoms with van der Waals surface area (Å²) in [5.74, 6) is -0.186. The van der Waals surface area contributed by atoms with Gasteiger partial charge in [0, 0.05) is 24.7 Å². The van der Waals surface area contributed by atoms with Gasteiger partial charge in [0.15, 0.2) is 0 Å². The molecule has 1 aliphatic carbocycles. The normalized spacial score (nSPS) is 14.2. The number of amides is 2. The van der Waals surface area contributed by atoms with Crippen LogP contribution in [0, 0.1) is 0 Å². The molecule has 0 heterocycles. The number of carbonyl (C=O) groups excluding carboxylic acids is 2. The number of carbonyl (C=O) groups is 2. The van der Waals surface area contributed by atoms with Gasteiger partial charge in [0.25, 0.3) is 5.91 Å². The Labute approximate surface area is 125 Å². The van der Waals surface area contributed by atoms with Crippen molar-refractivity contribution in [3.05, 3.63) is 41.5 Å². The molecular weight excluding hydrogens is 264 g/mol. The Bertz CT molecular complexity index is 532. The molecule has 0 bridgehead atoms. The molecule has 0 unspecified atom stereocenters. The van der Waals surface area contributed by atoms with Crippen molar-refractivity contribution in [2.45, 2.75) is 39.0 Å². The maximum Gasteiger partial charge on any atom is 0.251 e. The average Bonchev–Trinajstić information content (AvgIpc) is 2.48. The summed E-state index contributed by atoms with van der Waals surface area (Å²) in [5.41, 5.74) is 2.77. The van der Waals surface area contributed by atoms with E-state index in [1.54, 1.807) is 24.3 Å². The Hall–Kier alpha value is -2.10. The standard InChI is InChI=1S/C17H22N2O2/c1-13(20)19-16-9-7-15(8-10-16)17(21)18-12-11-14-5-3-2-4-6-14/h5,7-10H,2-4,6,11-12H2,1H3,(H,18,21)(H,19,20). The molecule has 0 atom stereocenters. The molecule has 4 nitrogen and oxygen atoms in total. The van der Waals surface area contributed by atoms with E-state index in [4.69, 9.17) is 0 Å². The van der Waals surface area contributed by atoms with Gasteiger partial charge in [-0.05, 0) is 56.4 Å². The van der Waals surface area contributed by atoms with Gasteiger partial charge in [-0.15, -0.1) is 0 Å². The van der Waals surface area contributed by atoms with Gasteiger partial charge in [0.2, 0.25) is 5.91 Å². The van der Waals surface area contributed by atoms with E-state index in [1.807, 2.05) is 0 Å². The maximum absolute atomic E-state index is 12.0. The van der Waals surface area contributed by atoms with Crippen molar-refractivity contribution >= 4 is 17.5 Å². The molecule has 21 heavy (non-hydrogen) atoms. The number of hydrogen-bond acceptors (Lipinski definition) is 2. The molecule has 1 aromatic carbocycles. The number of allylic oxidation sites excluding steroid dienone is 1. The van der Waals surface area contributed by atoms with E-state index >= 15 is 0 Å². The third-order valence-corrected chi connectivity index (χ3v) is 3.58. The van der Waals surface area contributed by atoms with Gasteiger partial charge in [0.1, 0.15) is 0 Å². The quantitative estimate of drug-likeness (QED) is 0.816. The summed E-state index contributed by atoms with van der Waals surface area (Å²) in [6.07, 6.45) is 8.14. The SMILES string of the molecule is CC(=O)Nc1ccc(C(=O)NCCC2=CCCCC2)cc1. The second-order valence-corrected chi connectivity index (χ2v) is 5.37. The van der Waals surface area contributed by atoms with Gasteiger partial charge < -0.3 is 10.6 Å². The van der Waals surface area contributed by atoms with Gasteiger partial charge in [-0.1, -0.05) is 11.6 Å². The van der Waals surface area contributed by atoms with Crippen LogP contribution in [0.25, 0.3) is 0 Å². The third kappa shape index (κ3) is 5.06. The molecule has 112 valence electrons. The van der Waals surface area contributed by atoms with Crippen LogP contribution >= 0.6 is 0 Å². The highest BCUT2D eigenvalue weighted by Gasteiger charge is 2.07. The van der Waals surface area contributed by atoms with Crippen molar-refractivity contribution in [3.63, 3.8) is 0 Å². The van der Waals surface area contributed by atoms with Crippen LogP contribution in [0.4, 0.5) is 5.69 Å². The lowest BCUT2D eigenvalue weighted by molar-refractivity contribution is -0.114. The second kappa shape index (κ2) is 7.62. The van der Waals surface area contributed by atoms with Gasteiger partial charge >= 0.3 is 0 Å². The highest BCUT2D eigenvalue weighted by molar-refractivity contribution is 5.95. The van der Waals surface area contributed by atoms with Crippen molar-refractivity contribution in [2.24, 2.45) is 0 Å². The van der Waals surface area contributed by atoms with Crippen molar-refractivity contribution in [2.75, 3.05) is 11.9 Å². The molecule has 2 N–H and O–H groups in total. The lowest BCUT2D eigenvalue weighted by Crippen LogP contribution is -2.24. The Kier molecular flexibility index (Phi) is 5.55. The fraction of sp³-hybridized carbons (Fsp3) is 0.412. The summed E-state index contributed by atoms with van der Waals surface area (Å²) in [7, 11) is 0. The second-order valence-electron chi connectivity index (χ2n) is 5.37. The van der Waals surface area contributed by atoms with Crippen molar-refractivity contribution in [1.82, 2.24) is 5.32 Å². The molecule has 0 aliphatic heterocycles. The molecule has 0 fully saturated rings. The largest absolute Gasteiger partial charge is 0.352 e. The Morgan fingerprint density at radius 1 is 1.14 bits per heavy atom. The molecule has 2 rings (SSSR count). The predicted molar refractivity (Wildman–Crippen MR) is 84.2 cm³/mol. The van der Waals surface area contributed by atoms with Crippen molar-refractivity contribution < 1.29 is 9.59 Å². The van der Waals surface area contributed by atoms with Crippen LogP contribution in [-0.4, -0.2) is 18.4 Å². The molecule has 0 saturated carbocycles. The van der Waals surface area contributed by atoms with E-state index in [2.05, 4.69) is 16.7 Å². The summed E-state index contributed by atoms with van der Waals surface area (Å²) >= 11 is 0. The van der Waals surface area contributed by atoms with Crippen molar-refractivity contribution in [1.29, 1.82) is 0 Å². The molecule has 0 radical (unpaired) electrons. The highest BCUT2D eigenvalue weighted by atomic mass is 16.2. The van der Waals surface area contributed by atoms with E-state index in [1.165, 1.54) is 38.2 Å². The summed E-state index contributed by atoms with van der Waals surface area (Å²) in [5, 5.41) is 5.62. The lowest BCUT2D eigenvalue weighted by atomic mass is 9.97. The minimum atomic E-state index is -0.118. The molecule has 0 spiro atoms. The number of hydrogen-bond donors (Lipinski definition) is 2. The van der Waals surface area contributed by atoms with Crippen LogP contribution in [0.1, 0.15) is 49.4 Å². The topological polar surface area (TPSA) is 58.2 Å². The molecule has 2 amide bonds. The Morgan fingerprint density at radius 2 is 1.90 bits per heavy atom. The summed E-state index contributed by atoms with van der Waals surface area (Å²) in [6, 6.07) is 6.92. The van der Waals surface area contributed by atoms with E-state index in [0.717, 1.165) is 6.42 Å². The van der Waals surface area contributed by atoms with Crippen LogP contribution in [0.15, 0.2) is 35.9 Å². The fourth-order valence-corrected chi connectivity index (χ4v) is 2.48. The zero-order valence-electron chi connectivity index (χ0n) is 12.4. The number of anilines is 1. The smallest absolute Gasteiger partial charge is 0.251 e. The number of rotatable bonds is 5. The number of benzene rings is 1. The molecular formula is C17H22N2O2. The van der Waals surface area contributed by atoms with E-state index < -0.39 is 0 Å². The van der Waals surface area contributed by atoms with Crippen LogP contribution < -0.4 is 10.6 Å². The van der Waals surface area contributed by atoms with Gasteiger partial charge in [-0.25, -0.2) is 0 Å². The minimum Gasteiger partial charge on any atom is -0.352 e. The molecule has 0 aromatic heterocycles. The number of nitrogens with one attached hydrogen (secondary N) is 2. The average molecular weight is 286 g/mol. The van der Waals surface area contributed by atoms with Crippen molar-refractivity contribution in [3.8, 4) is 0 Å². The maximum atomic E-state index is 12.0. The Morgan fingerprint density at radius 3 is 2.52 bits per heavy atom. The van der Waals surface area contributed by atoms with Crippen LogP contribution in [0.3, 0.4) is 0 Å².